The van der Waals surface area contributed by atoms with E-state index in [1.807, 2.05) is 19.1 Å². The highest BCUT2D eigenvalue weighted by molar-refractivity contribution is 5.05. The van der Waals surface area contributed by atoms with Crippen LogP contribution in [-0.2, 0) is 6.54 Å². The van der Waals surface area contributed by atoms with Gasteiger partial charge in [-0.05, 0) is 19.1 Å². The second-order valence-electron chi connectivity index (χ2n) is 4.22. The molecule has 4 heteroatoms. The second kappa shape index (κ2) is 5.15. The predicted molar refractivity (Wildman–Crippen MR) is 60.8 cm³/mol. The molecule has 0 amide bonds. The van der Waals surface area contributed by atoms with Crippen molar-refractivity contribution in [2.24, 2.45) is 0 Å². The summed E-state index contributed by atoms with van der Waals surface area (Å²) in [6.45, 7) is 7.39. The lowest BCUT2D eigenvalue weighted by molar-refractivity contribution is 0.130. The van der Waals surface area contributed by atoms with Crippen molar-refractivity contribution in [3.8, 4) is 6.07 Å². The fourth-order valence-corrected chi connectivity index (χ4v) is 2.00. The van der Waals surface area contributed by atoms with Crippen LogP contribution in [0, 0.1) is 18.3 Å². The summed E-state index contributed by atoms with van der Waals surface area (Å²) >= 11 is 0. The van der Waals surface area contributed by atoms with Gasteiger partial charge in [-0.1, -0.05) is 0 Å². The molecular formula is C12H17N3O. The molecule has 0 spiro atoms. The van der Waals surface area contributed by atoms with Crippen molar-refractivity contribution >= 4 is 0 Å². The summed E-state index contributed by atoms with van der Waals surface area (Å²) in [5.41, 5.74) is 0. The molecule has 0 atom stereocenters. The van der Waals surface area contributed by atoms with E-state index in [0.29, 0.717) is 6.54 Å². The Hall–Kier alpha value is -1.31. The van der Waals surface area contributed by atoms with Gasteiger partial charge in [0.05, 0.1) is 19.2 Å². The van der Waals surface area contributed by atoms with Crippen LogP contribution < -0.4 is 0 Å². The Morgan fingerprint density at radius 3 is 2.50 bits per heavy atom. The molecule has 1 aromatic heterocycles. The number of rotatable bonds is 3. The van der Waals surface area contributed by atoms with E-state index in [0.717, 1.165) is 44.2 Å². The van der Waals surface area contributed by atoms with Crippen LogP contribution in [0.15, 0.2) is 16.5 Å². The zero-order valence-electron chi connectivity index (χ0n) is 9.65. The lowest BCUT2D eigenvalue weighted by Gasteiger charge is -2.32. The number of piperazine rings is 1. The van der Waals surface area contributed by atoms with Gasteiger partial charge in [0, 0.05) is 26.2 Å². The molecule has 16 heavy (non-hydrogen) atoms. The van der Waals surface area contributed by atoms with Crippen molar-refractivity contribution in [1.82, 2.24) is 9.80 Å². The van der Waals surface area contributed by atoms with E-state index in [9.17, 15) is 0 Å². The van der Waals surface area contributed by atoms with E-state index in [2.05, 4.69) is 15.9 Å². The topological polar surface area (TPSA) is 43.4 Å². The molecule has 0 bridgehead atoms. The predicted octanol–water partition coefficient (Wildman–Crippen LogP) is 1.23. The first-order valence-corrected chi connectivity index (χ1v) is 5.65. The van der Waals surface area contributed by atoms with Crippen LogP contribution in [0.1, 0.15) is 11.5 Å². The summed E-state index contributed by atoms with van der Waals surface area (Å²) in [5, 5.41) is 8.60. The lowest BCUT2D eigenvalue weighted by Crippen LogP contribution is -2.45. The van der Waals surface area contributed by atoms with Crippen molar-refractivity contribution < 1.29 is 4.42 Å². The average Bonchev–Trinajstić information content (AvgIpc) is 2.67. The molecular weight excluding hydrogens is 202 g/mol. The van der Waals surface area contributed by atoms with Crippen LogP contribution in [0.4, 0.5) is 0 Å². The van der Waals surface area contributed by atoms with E-state index in [1.165, 1.54) is 0 Å². The summed E-state index contributed by atoms with van der Waals surface area (Å²) in [6, 6.07) is 6.23. The number of nitrogens with zero attached hydrogens (tertiary/aromatic N) is 3. The van der Waals surface area contributed by atoms with Gasteiger partial charge in [0.15, 0.2) is 0 Å². The molecule has 0 aliphatic carbocycles. The number of furan rings is 1. The zero-order chi connectivity index (χ0) is 11.4. The first kappa shape index (κ1) is 11.2. The summed E-state index contributed by atoms with van der Waals surface area (Å²) in [6.07, 6.45) is 0. The maximum atomic E-state index is 8.60. The molecule has 1 aliphatic heterocycles. The summed E-state index contributed by atoms with van der Waals surface area (Å²) in [4.78, 5) is 4.55. The van der Waals surface area contributed by atoms with Gasteiger partial charge in [0.25, 0.3) is 0 Å². The third kappa shape index (κ3) is 2.84. The molecule has 2 rings (SSSR count). The monoisotopic (exact) mass is 219 g/mol. The Labute approximate surface area is 96.1 Å². The van der Waals surface area contributed by atoms with E-state index in [4.69, 9.17) is 9.68 Å². The third-order valence-electron chi connectivity index (χ3n) is 2.93. The van der Waals surface area contributed by atoms with Gasteiger partial charge in [-0.25, -0.2) is 0 Å². The van der Waals surface area contributed by atoms with Crippen LogP contribution in [0.2, 0.25) is 0 Å². The van der Waals surface area contributed by atoms with E-state index >= 15 is 0 Å². The first-order chi connectivity index (χ1) is 7.78. The van der Waals surface area contributed by atoms with Gasteiger partial charge in [-0.3, -0.25) is 9.80 Å². The van der Waals surface area contributed by atoms with Crippen LogP contribution in [0.25, 0.3) is 0 Å². The normalized spacial score (nSPS) is 18.5. The highest BCUT2D eigenvalue weighted by atomic mass is 16.3. The maximum absolute atomic E-state index is 8.60. The molecule has 0 saturated carbocycles. The molecule has 0 aromatic carbocycles. The van der Waals surface area contributed by atoms with Gasteiger partial charge in [-0.15, -0.1) is 0 Å². The Bertz CT molecular complexity index is 372. The summed E-state index contributed by atoms with van der Waals surface area (Å²) in [5.74, 6) is 2.00. The maximum Gasteiger partial charge on any atom is 0.118 e. The van der Waals surface area contributed by atoms with Crippen LogP contribution in [0.5, 0.6) is 0 Å². The zero-order valence-corrected chi connectivity index (χ0v) is 9.65. The molecule has 1 aromatic rings. The smallest absolute Gasteiger partial charge is 0.118 e. The number of nitriles is 1. The molecule has 1 saturated heterocycles. The molecule has 1 aliphatic rings. The molecule has 0 unspecified atom stereocenters. The minimum atomic E-state index is 0.549. The van der Waals surface area contributed by atoms with Gasteiger partial charge in [0.1, 0.15) is 11.5 Å². The van der Waals surface area contributed by atoms with Crippen molar-refractivity contribution in [2.45, 2.75) is 13.5 Å². The first-order valence-electron chi connectivity index (χ1n) is 5.65. The Kier molecular flexibility index (Phi) is 3.60. The highest BCUT2D eigenvalue weighted by Crippen LogP contribution is 2.11. The van der Waals surface area contributed by atoms with Gasteiger partial charge < -0.3 is 4.42 Å². The minimum Gasteiger partial charge on any atom is -0.465 e. The van der Waals surface area contributed by atoms with Crippen molar-refractivity contribution in [1.29, 1.82) is 5.26 Å². The number of hydrogen-bond donors (Lipinski definition) is 0. The van der Waals surface area contributed by atoms with E-state index < -0.39 is 0 Å². The fourth-order valence-electron chi connectivity index (χ4n) is 2.00. The summed E-state index contributed by atoms with van der Waals surface area (Å²) in [7, 11) is 0. The largest absolute Gasteiger partial charge is 0.465 e. The average molecular weight is 219 g/mol. The van der Waals surface area contributed by atoms with Crippen molar-refractivity contribution in [2.75, 3.05) is 32.7 Å². The highest BCUT2D eigenvalue weighted by Gasteiger charge is 2.17. The van der Waals surface area contributed by atoms with Crippen molar-refractivity contribution in [3.05, 3.63) is 23.7 Å². The molecule has 1 fully saturated rings. The SMILES string of the molecule is Cc1ccc(CN2CCN(CC#N)CC2)o1. The quantitative estimate of drug-likeness (QED) is 0.717. The minimum absolute atomic E-state index is 0.549. The van der Waals surface area contributed by atoms with Gasteiger partial charge >= 0.3 is 0 Å². The van der Waals surface area contributed by atoms with Gasteiger partial charge in [0.2, 0.25) is 0 Å². The van der Waals surface area contributed by atoms with Crippen molar-refractivity contribution in [3.63, 3.8) is 0 Å². The molecule has 0 radical (unpaired) electrons. The molecule has 2 heterocycles. The Balaban J connectivity index is 1.79. The van der Waals surface area contributed by atoms with E-state index in [1.54, 1.807) is 0 Å². The number of aryl methyl sites for hydroxylation is 1. The Morgan fingerprint density at radius 2 is 1.94 bits per heavy atom. The van der Waals surface area contributed by atoms with Crippen LogP contribution in [-0.4, -0.2) is 42.5 Å². The molecule has 86 valence electrons. The molecule has 0 N–H and O–H groups in total. The lowest BCUT2D eigenvalue weighted by atomic mass is 10.3. The van der Waals surface area contributed by atoms with Crippen LogP contribution in [0.3, 0.4) is 0 Å². The third-order valence-corrected chi connectivity index (χ3v) is 2.93. The molecule has 4 nitrogen and oxygen atoms in total. The van der Waals surface area contributed by atoms with Gasteiger partial charge in [-0.2, -0.15) is 5.26 Å². The fraction of sp³-hybridized carbons (Fsp3) is 0.583. The summed E-state index contributed by atoms with van der Waals surface area (Å²) < 4.78 is 5.55. The van der Waals surface area contributed by atoms with E-state index in [-0.39, 0.29) is 0 Å². The standard InChI is InChI=1S/C12H17N3O/c1-11-2-3-12(16-11)10-15-8-6-14(5-4-13)7-9-15/h2-3H,5-10H2,1H3. The number of hydrogen-bond acceptors (Lipinski definition) is 4. The second-order valence-corrected chi connectivity index (χ2v) is 4.22. The Morgan fingerprint density at radius 1 is 1.25 bits per heavy atom. The van der Waals surface area contributed by atoms with Crippen LogP contribution >= 0.6 is 0 Å².